The molecule has 2 aromatic rings. The summed E-state index contributed by atoms with van der Waals surface area (Å²) in [6, 6.07) is 9.98. The van der Waals surface area contributed by atoms with Gasteiger partial charge in [-0.1, -0.05) is 43.7 Å². The van der Waals surface area contributed by atoms with Crippen LogP contribution < -0.4 is 0 Å². The molecule has 0 fully saturated rings. The number of alkyl halides is 3. The molecule has 1 nitrogen and oxygen atoms in total. The average Bonchev–Trinajstić information content (AvgIpc) is 2.40. The number of rotatable bonds is 1. The van der Waals surface area contributed by atoms with Crippen molar-refractivity contribution in [2.75, 3.05) is 0 Å². The van der Waals surface area contributed by atoms with E-state index in [0.29, 0.717) is 5.56 Å². The second-order valence-corrected chi connectivity index (χ2v) is 3.80. The topological polar surface area (TPSA) is 12.9 Å². The quantitative estimate of drug-likeness (QED) is 0.700. The Hall–Kier alpha value is -1.84. The predicted molar refractivity (Wildman–Crippen MR) is 70.8 cm³/mol. The fourth-order valence-electron chi connectivity index (χ4n) is 1.59. The summed E-state index contributed by atoms with van der Waals surface area (Å²) in [5.74, 6) is 0. The summed E-state index contributed by atoms with van der Waals surface area (Å²) >= 11 is 0. The third-order valence-electron chi connectivity index (χ3n) is 2.40. The van der Waals surface area contributed by atoms with Crippen LogP contribution in [-0.2, 0) is 6.18 Å². The highest BCUT2D eigenvalue weighted by Gasteiger charge is 2.32. The summed E-state index contributed by atoms with van der Waals surface area (Å²) in [6.45, 7) is 5.90. The van der Waals surface area contributed by atoms with Gasteiger partial charge in [0.25, 0.3) is 0 Å². The van der Waals surface area contributed by atoms with E-state index in [-0.39, 0.29) is 0 Å². The molecule has 19 heavy (non-hydrogen) atoms. The van der Waals surface area contributed by atoms with Gasteiger partial charge in [0.15, 0.2) is 0 Å². The SMILES string of the molecule is CC.Cc1cccc(-c2ccnc(C(F)(F)F)c2)c1. The minimum Gasteiger partial charge on any atom is -0.252 e. The normalized spacial score (nSPS) is 10.6. The molecule has 1 aromatic heterocycles. The monoisotopic (exact) mass is 267 g/mol. The van der Waals surface area contributed by atoms with E-state index < -0.39 is 11.9 Å². The Kier molecular flexibility index (Phi) is 5.10. The van der Waals surface area contributed by atoms with Gasteiger partial charge in [0.2, 0.25) is 0 Å². The molecule has 0 unspecified atom stereocenters. The van der Waals surface area contributed by atoms with E-state index in [4.69, 9.17) is 0 Å². The molecule has 102 valence electrons. The van der Waals surface area contributed by atoms with Crippen molar-refractivity contribution < 1.29 is 13.2 Å². The van der Waals surface area contributed by atoms with E-state index in [1.54, 1.807) is 12.1 Å². The number of aromatic nitrogens is 1. The average molecular weight is 267 g/mol. The molecule has 4 heteroatoms. The Morgan fingerprint density at radius 2 is 1.58 bits per heavy atom. The summed E-state index contributed by atoms with van der Waals surface area (Å²) in [6.07, 6.45) is -3.22. The van der Waals surface area contributed by atoms with Gasteiger partial charge in [0.05, 0.1) is 0 Å². The number of pyridine rings is 1. The first-order valence-corrected chi connectivity index (χ1v) is 6.07. The van der Waals surface area contributed by atoms with Crippen LogP contribution in [-0.4, -0.2) is 4.98 Å². The summed E-state index contributed by atoms with van der Waals surface area (Å²) < 4.78 is 37.5. The van der Waals surface area contributed by atoms with Gasteiger partial charge in [-0.2, -0.15) is 13.2 Å². The zero-order valence-corrected chi connectivity index (χ0v) is 11.1. The zero-order valence-electron chi connectivity index (χ0n) is 11.1. The fraction of sp³-hybridized carbons (Fsp3) is 0.267. The van der Waals surface area contributed by atoms with Gasteiger partial charge < -0.3 is 0 Å². The number of hydrogen-bond acceptors (Lipinski definition) is 1. The molecule has 0 radical (unpaired) electrons. The van der Waals surface area contributed by atoms with Crippen LogP contribution in [0.15, 0.2) is 42.6 Å². The van der Waals surface area contributed by atoms with E-state index in [1.807, 2.05) is 39.0 Å². The van der Waals surface area contributed by atoms with Crippen molar-refractivity contribution in [2.45, 2.75) is 26.9 Å². The fourth-order valence-corrected chi connectivity index (χ4v) is 1.59. The molecule has 0 amide bonds. The minimum atomic E-state index is -4.40. The summed E-state index contributed by atoms with van der Waals surface area (Å²) in [5.41, 5.74) is 1.43. The van der Waals surface area contributed by atoms with Crippen LogP contribution in [0.25, 0.3) is 11.1 Å². The number of halogens is 3. The molecule has 0 spiro atoms. The van der Waals surface area contributed by atoms with Crippen molar-refractivity contribution in [1.29, 1.82) is 0 Å². The number of benzene rings is 1. The Labute approximate surface area is 111 Å². The first-order valence-electron chi connectivity index (χ1n) is 6.07. The Morgan fingerprint density at radius 1 is 0.947 bits per heavy atom. The van der Waals surface area contributed by atoms with E-state index in [9.17, 15) is 13.2 Å². The van der Waals surface area contributed by atoms with E-state index >= 15 is 0 Å². The molecule has 0 atom stereocenters. The molecule has 1 heterocycles. The molecule has 1 aromatic carbocycles. The molecule has 0 aliphatic heterocycles. The van der Waals surface area contributed by atoms with Crippen LogP contribution in [0.5, 0.6) is 0 Å². The van der Waals surface area contributed by atoms with Crippen LogP contribution in [0.2, 0.25) is 0 Å². The highest BCUT2D eigenvalue weighted by atomic mass is 19.4. The second kappa shape index (κ2) is 6.36. The predicted octanol–water partition coefficient (Wildman–Crippen LogP) is 5.10. The molecular weight excluding hydrogens is 251 g/mol. The van der Waals surface area contributed by atoms with Crippen LogP contribution in [0.3, 0.4) is 0 Å². The lowest BCUT2D eigenvalue weighted by Crippen LogP contribution is -2.07. The highest BCUT2D eigenvalue weighted by molar-refractivity contribution is 5.64. The van der Waals surface area contributed by atoms with Crippen LogP contribution >= 0.6 is 0 Å². The van der Waals surface area contributed by atoms with Crippen LogP contribution in [0.4, 0.5) is 13.2 Å². The largest absolute Gasteiger partial charge is 0.433 e. The van der Waals surface area contributed by atoms with E-state index in [1.165, 1.54) is 6.20 Å². The Bertz CT molecular complexity index is 533. The van der Waals surface area contributed by atoms with Crippen molar-refractivity contribution in [2.24, 2.45) is 0 Å². The first-order chi connectivity index (χ1) is 8.97. The molecule has 0 saturated carbocycles. The molecule has 0 saturated heterocycles. The van der Waals surface area contributed by atoms with Gasteiger partial charge in [-0.3, -0.25) is 4.98 Å². The maximum Gasteiger partial charge on any atom is 0.433 e. The number of aryl methyl sites for hydroxylation is 1. The minimum absolute atomic E-state index is 0.524. The smallest absolute Gasteiger partial charge is 0.252 e. The third kappa shape index (κ3) is 4.09. The van der Waals surface area contributed by atoms with Crippen molar-refractivity contribution >= 4 is 0 Å². The third-order valence-corrected chi connectivity index (χ3v) is 2.40. The van der Waals surface area contributed by atoms with Crippen LogP contribution in [0, 0.1) is 6.92 Å². The van der Waals surface area contributed by atoms with Gasteiger partial charge in [0.1, 0.15) is 5.69 Å². The maximum absolute atomic E-state index is 12.5. The molecular formula is C15H16F3N. The van der Waals surface area contributed by atoms with Crippen molar-refractivity contribution in [3.63, 3.8) is 0 Å². The summed E-state index contributed by atoms with van der Waals surface area (Å²) in [4.78, 5) is 3.33. The van der Waals surface area contributed by atoms with Gasteiger partial charge >= 0.3 is 6.18 Å². The van der Waals surface area contributed by atoms with Crippen molar-refractivity contribution in [3.05, 3.63) is 53.9 Å². The van der Waals surface area contributed by atoms with Crippen LogP contribution in [0.1, 0.15) is 25.1 Å². The van der Waals surface area contributed by atoms with Crippen molar-refractivity contribution in [3.8, 4) is 11.1 Å². The summed E-state index contributed by atoms with van der Waals surface area (Å²) in [5, 5.41) is 0. The lowest BCUT2D eigenvalue weighted by atomic mass is 10.0. The Balaban J connectivity index is 0.000000861. The summed E-state index contributed by atoms with van der Waals surface area (Å²) in [7, 11) is 0. The molecule has 0 N–H and O–H groups in total. The lowest BCUT2D eigenvalue weighted by Gasteiger charge is -2.08. The zero-order chi connectivity index (χ0) is 14.5. The highest BCUT2D eigenvalue weighted by Crippen LogP contribution is 2.30. The maximum atomic E-state index is 12.5. The Morgan fingerprint density at radius 3 is 2.16 bits per heavy atom. The lowest BCUT2D eigenvalue weighted by molar-refractivity contribution is -0.141. The molecule has 2 rings (SSSR count). The molecule has 0 bridgehead atoms. The van der Waals surface area contributed by atoms with Gasteiger partial charge in [0, 0.05) is 6.20 Å². The van der Waals surface area contributed by atoms with Gasteiger partial charge in [-0.15, -0.1) is 0 Å². The molecule has 0 aliphatic carbocycles. The number of nitrogens with zero attached hydrogens (tertiary/aromatic N) is 1. The van der Waals surface area contributed by atoms with E-state index in [0.717, 1.165) is 17.2 Å². The standard InChI is InChI=1S/C13H10F3N.C2H6/c1-9-3-2-4-10(7-9)11-5-6-17-12(8-11)13(14,15)16;1-2/h2-8H,1H3;1-2H3. The van der Waals surface area contributed by atoms with Gasteiger partial charge in [-0.05, 0) is 30.2 Å². The van der Waals surface area contributed by atoms with E-state index in [2.05, 4.69) is 4.98 Å². The molecule has 0 aliphatic rings. The number of hydrogen-bond donors (Lipinski definition) is 0. The second-order valence-electron chi connectivity index (χ2n) is 3.80. The first kappa shape index (κ1) is 15.2. The van der Waals surface area contributed by atoms with Gasteiger partial charge in [-0.25, -0.2) is 0 Å². The van der Waals surface area contributed by atoms with Crippen molar-refractivity contribution in [1.82, 2.24) is 4.98 Å².